The molecule has 2 aromatic carbocycles. The Bertz CT molecular complexity index is 940. The third-order valence-corrected chi connectivity index (χ3v) is 5.40. The molecule has 2 N–H and O–H groups in total. The molecule has 0 unspecified atom stereocenters. The van der Waals surface area contributed by atoms with Gasteiger partial charge in [0.1, 0.15) is 5.75 Å². The molecule has 0 aliphatic heterocycles. The number of sulfonamides is 1. The number of carbonyl (C=O) groups is 2. The zero-order valence-corrected chi connectivity index (χ0v) is 17.0. The van der Waals surface area contributed by atoms with Crippen molar-refractivity contribution >= 4 is 27.6 Å². The van der Waals surface area contributed by atoms with Gasteiger partial charge >= 0.3 is 0 Å². The maximum atomic E-state index is 12.7. The number of amides is 1. The number of rotatable bonds is 10. The van der Waals surface area contributed by atoms with E-state index in [0.29, 0.717) is 23.6 Å². The highest BCUT2D eigenvalue weighted by Gasteiger charge is 2.22. The number of anilines is 1. The second-order valence-corrected chi connectivity index (χ2v) is 8.09. The summed E-state index contributed by atoms with van der Waals surface area (Å²) in [6.45, 7) is 3.86. The quantitative estimate of drug-likeness (QED) is 0.603. The van der Waals surface area contributed by atoms with Crippen molar-refractivity contribution in [2.45, 2.75) is 37.6 Å². The molecular formula is C20H23N2O6S-. The zero-order valence-electron chi connectivity index (χ0n) is 16.2. The van der Waals surface area contributed by atoms with Gasteiger partial charge < -0.3 is 20.0 Å². The lowest BCUT2D eigenvalue weighted by atomic mass is 10.0. The van der Waals surface area contributed by atoms with Crippen LogP contribution in [0.5, 0.6) is 5.75 Å². The highest BCUT2D eigenvalue weighted by Crippen LogP contribution is 2.23. The molecule has 8 nitrogen and oxygen atoms in total. The zero-order chi connectivity index (χ0) is 21.4. The lowest BCUT2D eigenvalue weighted by molar-refractivity contribution is -0.306. The number of hydrogen-bond donors (Lipinski definition) is 2. The molecule has 0 aromatic heterocycles. The Morgan fingerprint density at radius 2 is 1.69 bits per heavy atom. The fourth-order valence-electron chi connectivity index (χ4n) is 2.59. The molecular weight excluding hydrogens is 396 g/mol. The van der Waals surface area contributed by atoms with Crippen LogP contribution in [0.4, 0.5) is 5.69 Å². The molecule has 2 aromatic rings. The fourth-order valence-corrected chi connectivity index (χ4v) is 3.81. The summed E-state index contributed by atoms with van der Waals surface area (Å²) in [4.78, 5) is 22.2. The normalized spacial score (nSPS) is 12.2. The summed E-state index contributed by atoms with van der Waals surface area (Å²) < 4.78 is 33.3. The molecule has 0 bridgehead atoms. The first-order chi connectivity index (χ1) is 13.7. The van der Waals surface area contributed by atoms with Crippen LogP contribution in [0, 0.1) is 0 Å². The van der Waals surface area contributed by atoms with Crippen LogP contribution in [0.25, 0.3) is 0 Å². The van der Waals surface area contributed by atoms with Crippen molar-refractivity contribution in [2.24, 2.45) is 0 Å². The monoisotopic (exact) mass is 419 g/mol. The van der Waals surface area contributed by atoms with Gasteiger partial charge in [-0.1, -0.05) is 19.1 Å². The fraction of sp³-hybridized carbons (Fsp3) is 0.300. The van der Waals surface area contributed by atoms with E-state index < -0.39 is 28.5 Å². The minimum atomic E-state index is -4.01. The average molecular weight is 419 g/mol. The van der Waals surface area contributed by atoms with E-state index in [0.717, 1.165) is 6.42 Å². The third kappa shape index (κ3) is 6.88. The van der Waals surface area contributed by atoms with Crippen molar-refractivity contribution in [3.05, 3.63) is 54.1 Å². The minimum absolute atomic E-state index is 0.0575. The van der Waals surface area contributed by atoms with Gasteiger partial charge in [-0.15, -0.1) is 0 Å². The van der Waals surface area contributed by atoms with Gasteiger partial charge in [-0.25, -0.2) is 13.1 Å². The predicted octanol–water partition coefficient (Wildman–Crippen LogP) is 1.59. The SMILES string of the molecule is CCCOc1ccc([C@@H](CC(=O)[O-])NS(=O)(=O)c2ccc(NC(C)=O)cc2)cc1. The van der Waals surface area contributed by atoms with E-state index in [1.807, 2.05) is 6.92 Å². The molecule has 29 heavy (non-hydrogen) atoms. The molecule has 2 rings (SSSR count). The van der Waals surface area contributed by atoms with E-state index in [4.69, 9.17) is 4.74 Å². The molecule has 0 aliphatic rings. The third-order valence-electron chi connectivity index (χ3n) is 3.91. The Kier molecular flexibility index (Phi) is 7.74. The second-order valence-electron chi connectivity index (χ2n) is 6.37. The molecule has 0 saturated heterocycles. The van der Waals surface area contributed by atoms with Gasteiger partial charge in [0, 0.05) is 25.0 Å². The molecule has 0 fully saturated rings. The molecule has 156 valence electrons. The maximum Gasteiger partial charge on any atom is 0.241 e. The van der Waals surface area contributed by atoms with E-state index in [1.165, 1.54) is 31.2 Å². The largest absolute Gasteiger partial charge is 0.550 e. The Labute approximate surface area is 169 Å². The Morgan fingerprint density at radius 1 is 1.07 bits per heavy atom. The topological polar surface area (TPSA) is 125 Å². The molecule has 9 heteroatoms. The van der Waals surface area contributed by atoms with Gasteiger partial charge in [0.2, 0.25) is 15.9 Å². The van der Waals surface area contributed by atoms with Crippen LogP contribution in [0.3, 0.4) is 0 Å². The molecule has 0 spiro atoms. The van der Waals surface area contributed by atoms with Crippen LogP contribution >= 0.6 is 0 Å². The van der Waals surface area contributed by atoms with Crippen molar-refractivity contribution in [1.82, 2.24) is 4.72 Å². The maximum absolute atomic E-state index is 12.7. The van der Waals surface area contributed by atoms with E-state index in [9.17, 15) is 23.1 Å². The Balaban J connectivity index is 2.21. The lowest BCUT2D eigenvalue weighted by Crippen LogP contribution is -2.34. The molecule has 0 aliphatic carbocycles. The number of carboxylic acid groups (broad SMARTS) is 1. The Morgan fingerprint density at radius 3 is 2.21 bits per heavy atom. The first kappa shape index (κ1) is 22.4. The van der Waals surface area contributed by atoms with E-state index >= 15 is 0 Å². The first-order valence-corrected chi connectivity index (χ1v) is 10.5. The molecule has 1 amide bonds. The minimum Gasteiger partial charge on any atom is -0.550 e. The number of hydrogen-bond acceptors (Lipinski definition) is 6. The summed E-state index contributed by atoms with van der Waals surface area (Å²) in [7, 11) is -4.01. The number of aliphatic carboxylic acids is 1. The molecule has 1 atom stereocenters. The van der Waals surface area contributed by atoms with Crippen molar-refractivity contribution in [3.63, 3.8) is 0 Å². The smallest absolute Gasteiger partial charge is 0.241 e. The molecule has 0 radical (unpaired) electrons. The summed E-state index contributed by atoms with van der Waals surface area (Å²) in [5.74, 6) is -1.05. The lowest BCUT2D eigenvalue weighted by Gasteiger charge is -2.20. The van der Waals surface area contributed by atoms with Crippen molar-refractivity contribution in [1.29, 1.82) is 0 Å². The van der Waals surface area contributed by atoms with Gasteiger partial charge in [0.15, 0.2) is 0 Å². The van der Waals surface area contributed by atoms with Crippen LogP contribution in [0.2, 0.25) is 0 Å². The summed E-state index contributed by atoms with van der Waals surface area (Å²) >= 11 is 0. The Hall–Kier alpha value is -2.91. The van der Waals surface area contributed by atoms with Crippen LogP contribution in [0.1, 0.15) is 38.3 Å². The van der Waals surface area contributed by atoms with Crippen LogP contribution < -0.4 is 19.9 Å². The number of carboxylic acids is 1. The van der Waals surface area contributed by atoms with Crippen molar-refractivity contribution in [2.75, 3.05) is 11.9 Å². The second kappa shape index (κ2) is 10.0. The highest BCUT2D eigenvalue weighted by molar-refractivity contribution is 7.89. The molecule has 0 heterocycles. The molecule has 0 saturated carbocycles. The van der Waals surface area contributed by atoms with E-state index in [1.54, 1.807) is 24.3 Å². The van der Waals surface area contributed by atoms with Gasteiger partial charge in [-0.3, -0.25) is 4.79 Å². The number of ether oxygens (including phenoxy) is 1. The van der Waals surface area contributed by atoms with Crippen LogP contribution in [0.15, 0.2) is 53.4 Å². The van der Waals surface area contributed by atoms with E-state index in [-0.39, 0.29) is 10.8 Å². The standard InChI is InChI=1S/C20H24N2O6S/c1-3-12-28-17-8-4-15(5-9-17)19(13-20(24)25)22-29(26,27)18-10-6-16(7-11-18)21-14(2)23/h4-11,19,22H,3,12-13H2,1-2H3,(H,21,23)(H,24,25)/p-1/t19-/m1/s1. The number of benzene rings is 2. The number of carbonyl (C=O) groups excluding carboxylic acids is 2. The van der Waals surface area contributed by atoms with Crippen LogP contribution in [-0.2, 0) is 19.6 Å². The van der Waals surface area contributed by atoms with Gasteiger partial charge in [-0.05, 0) is 48.4 Å². The number of nitrogens with one attached hydrogen (secondary N) is 2. The summed E-state index contributed by atoms with van der Waals surface area (Å²) in [5, 5.41) is 13.7. The summed E-state index contributed by atoms with van der Waals surface area (Å²) in [6, 6.07) is 11.1. The van der Waals surface area contributed by atoms with Crippen molar-refractivity contribution in [3.8, 4) is 5.75 Å². The first-order valence-electron chi connectivity index (χ1n) is 9.04. The predicted molar refractivity (Wildman–Crippen MR) is 106 cm³/mol. The van der Waals surface area contributed by atoms with Gasteiger partial charge in [0.25, 0.3) is 0 Å². The summed E-state index contributed by atoms with van der Waals surface area (Å²) in [6.07, 6.45) is 0.313. The van der Waals surface area contributed by atoms with E-state index in [2.05, 4.69) is 10.0 Å². The van der Waals surface area contributed by atoms with Gasteiger partial charge in [-0.2, -0.15) is 0 Å². The van der Waals surface area contributed by atoms with Crippen LogP contribution in [-0.4, -0.2) is 26.9 Å². The highest BCUT2D eigenvalue weighted by atomic mass is 32.2. The average Bonchev–Trinajstić information content (AvgIpc) is 2.65. The van der Waals surface area contributed by atoms with Gasteiger partial charge in [0.05, 0.1) is 17.5 Å². The van der Waals surface area contributed by atoms with Crippen molar-refractivity contribution < 1.29 is 27.9 Å². The summed E-state index contributed by atoms with van der Waals surface area (Å²) in [5.41, 5.74) is 0.918.